The van der Waals surface area contributed by atoms with E-state index in [-0.39, 0.29) is 6.04 Å². The molecular formula is C14H16ClN3O. The molecular weight excluding hydrogens is 262 g/mol. The highest BCUT2D eigenvalue weighted by atomic mass is 35.5. The molecule has 19 heavy (non-hydrogen) atoms. The molecule has 5 heteroatoms. The number of benzene rings is 1. The first-order valence-electron chi connectivity index (χ1n) is 5.96. The molecule has 0 saturated heterocycles. The Morgan fingerprint density at radius 2 is 2.00 bits per heavy atom. The fourth-order valence-corrected chi connectivity index (χ4v) is 2.26. The van der Waals surface area contributed by atoms with Crippen molar-refractivity contribution in [2.45, 2.75) is 13.0 Å². The maximum atomic E-state index is 6.38. The predicted molar refractivity (Wildman–Crippen MR) is 75.7 cm³/mol. The van der Waals surface area contributed by atoms with Gasteiger partial charge in [0.15, 0.2) is 0 Å². The van der Waals surface area contributed by atoms with Gasteiger partial charge < -0.3 is 10.1 Å². The van der Waals surface area contributed by atoms with Crippen LogP contribution >= 0.6 is 11.6 Å². The summed E-state index contributed by atoms with van der Waals surface area (Å²) >= 11 is 6.38. The molecule has 0 radical (unpaired) electrons. The zero-order valence-electron chi connectivity index (χ0n) is 11.1. The number of aromatic nitrogens is 2. The molecule has 0 saturated carbocycles. The van der Waals surface area contributed by atoms with Crippen LogP contribution in [0.5, 0.6) is 5.88 Å². The second-order valence-corrected chi connectivity index (χ2v) is 4.53. The van der Waals surface area contributed by atoms with Crippen molar-refractivity contribution >= 4 is 11.6 Å². The third kappa shape index (κ3) is 2.69. The summed E-state index contributed by atoms with van der Waals surface area (Å²) in [6.07, 6.45) is 3.25. The van der Waals surface area contributed by atoms with Crippen molar-refractivity contribution in [3.8, 4) is 5.88 Å². The van der Waals surface area contributed by atoms with Gasteiger partial charge in [0, 0.05) is 17.4 Å². The topological polar surface area (TPSA) is 47.0 Å². The van der Waals surface area contributed by atoms with Gasteiger partial charge in [0.1, 0.15) is 5.69 Å². The van der Waals surface area contributed by atoms with Gasteiger partial charge in [-0.3, -0.25) is 4.98 Å². The van der Waals surface area contributed by atoms with Crippen LogP contribution in [0, 0.1) is 6.92 Å². The van der Waals surface area contributed by atoms with Crippen molar-refractivity contribution in [1.29, 1.82) is 0 Å². The van der Waals surface area contributed by atoms with E-state index >= 15 is 0 Å². The van der Waals surface area contributed by atoms with Crippen molar-refractivity contribution < 1.29 is 4.74 Å². The SMILES string of the molecule is CNC(c1cccc(C)c1Cl)c1nccnc1OC. The molecule has 0 aliphatic carbocycles. The maximum Gasteiger partial charge on any atom is 0.237 e. The van der Waals surface area contributed by atoms with Crippen LogP contribution in [0.4, 0.5) is 0 Å². The Hall–Kier alpha value is -1.65. The van der Waals surface area contributed by atoms with Crippen molar-refractivity contribution in [3.05, 3.63) is 52.4 Å². The molecule has 0 fully saturated rings. The number of aryl methyl sites for hydroxylation is 1. The molecule has 0 aliphatic rings. The summed E-state index contributed by atoms with van der Waals surface area (Å²) in [4.78, 5) is 8.54. The van der Waals surface area contributed by atoms with E-state index in [4.69, 9.17) is 16.3 Å². The number of hydrogen-bond acceptors (Lipinski definition) is 4. The van der Waals surface area contributed by atoms with Gasteiger partial charge in [-0.15, -0.1) is 0 Å². The second-order valence-electron chi connectivity index (χ2n) is 4.15. The van der Waals surface area contributed by atoms with E-state index in [9.17, 15) is 0 Å². The average molecular weight is 278 g/mol. The third-order valence-corrected chi connectivity index (χ3v) is 3.50. The van der Waals surface area contributed by atoms with Gasteiger partial charge >= 0.3 is 0 Å². The number of ether oxygens (including phenoxy) is 1. The van der Waals surface area contributed by atoms with E-state index in [1.54, 1.807) is 19.5 Å². The van der Waals surface area contributed by atoms with Gasteiger partial charge in [0.2, 0.25) is 5.88 Å². The molecule has 0 bridgehead atoms. The Labute approximate surface area is 117 Å². The number of halogens is 1. The van der Waals surface area contributed by atoms with Crippen LogP contribution in [0.3, 0.4) is 0 Å². The molecule has 0 amide bonds. The summed E-state index contributed by atoms with van der Waals surface area (Å²) in [6, 6.07) is 5.77. The molecule has 0 spiro atoms. The number of hydrogen-bond donors (Lipinski definition) is 1. The van der Waals surface area contributed by atoms with Crippen LogP contribution < -0.4 is 10.1 Å². The zero-order chi connectivity index (χ0) is 13.8. The van der Waals surface area contributed by atoms with Crippen LogP contribution in [0.25, 0.3) is 0 Å². The van der Waals surface area contributed by atoms with Gasteiger partial charge in [0.25, 0.3) is 0 Å². The molecule has 1 N–H and O–H groups in total. The van der Waals surface area contributed by atoms with E-state index < -0.39 is 0 Å². The van der Waals surface area contributed by atoms with Crippen molar-refractivity contribution in [2.24, 2.45) is 0 Å². The van der Waals surface area contributed by atoms with E-state index in [1.807, 2.05) is 32.2 Å². The summed E-state index contributed by atoms with van der Waals surface area (Å²) < 4.78 is 5.26. The number of methoxy groups -OCH3 is 1. The molecule has 1 atom stereocenters. The maximum absolute atomic E-state index is 6.38. The molecule has 1 unspecified atom stereocenters. The quantitative estimate of drug-likeness (QED) is 0.933. The summed E-state index contributed by atoms with van der Waals surface area (Å²) in [5.41, 5.74) is 2.71. The largest absolute Gasteiger partial charge is 0.480 e. The Kier molecular flexibility index (Phi) is 4.35. The Bertz CT molecular complexity index is 574. The molecule has 1 aromatic heterocycles. The minimum absolute atomic E-state index is 0.156. The van der Waals surface area contributed by atoms with Crippen LogP contribution in [0.15, 0.2) is 30.6 Å². The van der Waals surface area contributed by atoms with E-state index in [2.05, 4.69) is 15.3 Å². The fraction of sp³-hybridized carbons (Fsp3) is 0.286. The number of nitrogens with zero attached hydrogens (tertiary/aromatic N) is 2. The summed E-state index contributed by atoms with van der Waals surface area (Å²) in [5, 5.41) is 3.94. The Morgan fingerprint density at radius 1 is 1.26 bits per heavy atom. The summed E-state index contributed by atoms with van der Waals surface area (Å²) in [6.45, 7) is 1.98. The van der Waals surface area contributed by atoms with Crippen LogP contribution in [-0.4, -0.2) is 24.1 Å². The van der Waals surface area contributed by atoms with E-state index in [0.29, 0.717) is 5.88 Å². The molecule has 0 aliphatic heterocycles. The molecule has 1 aromatic carbocycles. The third-order valence-electron chi connectivity index (χ3n) is 2.98. The summed E-state index contributed by atoms with van der Waals surface area (Å²) in [5.74, 6) is 0.499. The fourth-order valence-electron chi connectivity index (χ4n) is 2.02. The van der Waals surface area contributed by atoms with Crippen LogP contribution in [0.1, 0.15) is 22.9 Å². The smallest absolute Gasteiger partial charge is 0.237 e. The molecule has 2 aromatic rings. The average Bonchev–Trinajstić information content (AvgIpc) is 2.45. The van der Waals surface area contributed by atoms with E-state index in [1.165, 1.54) is 0 Å². The molecule has 1 heterocycles. The lowest BCUT2D eigenvalue weighted by Gasteiger charge is -2.19. The summed E-state index contributed by atoms with van der Waals surface area (Å²) in [7, 11) is 3.44. The molecule has 100 valence electrons. The first-order chi connectivity index (χ1) is 9.19. The highest BCUT2D eigenvalue weighted by molar-refractivity contribution is 6.32. The van der Waals surface area contributed by atoms with Gasteiger partial charge in [-0.05, 0) is 25.1 Å². The van der Waals surface area contributed by atoms with E-state index in [0.717, 1.165) is 21.8 Å². The van der Waals surface area contributed by atoms with Gasteiger partial charge in [-0.1, -0.05) is 29.8 Å². The van der Waals surface area contributed by atoms with Crippen molar-refractivity contribution in [3.63, 3.8) is 0 Å². The number of rotatable bonds is 4. The highest BCUT2D eigenvalue weighted by Gasteiger charge is 2.21. The van der Waals surface area contributed by atoms with Gasteiger partial charge in [-0.2, -0.15) is 0 Å². The lowest BCUT2D eigenvalue weighted by molar-refractivity contribution is 0.384. The monoisotopic (exact) mass is 277 g/mol. The molecule has 4 nitrogen and oxygen atoms in total. The first kappa shape index (κ1) is 13.8. The number of nitrogens with one attached hydrogen (secondary N) is 1. The minimum atomic E-state index is -0.156. The minimum Gasteiger partial charge on any atom is -0.480 e. The zero-order valence-corrected chi connectivity index (χ0v) is 11.9. The van der Waals surface area contributed by atoms with Crippen LogP contribution in [0.2, 0.25) is 5.02 Å². The molecule has 2 rings (SSSR count). The van der Waals surface area contributed by atoms with Gasteiger partial charge in [-0.25, -0.2) is 4.98 Å². The second kappa shape index (κ2) is 5.99. The normalized spacial score (nSPS) is 12.2. The predicted octanol–water partition coefficient (Wildman–Crippen LogP) is 2.76. The van der Waals surface area contributed by atoms with Gasteiger partial charge in [0.05, 0.1) is 13.2 Å². The van der Waals surface area contributed by atoms with Crippen molar-refractivity contribution in [1.82, 2.24) is 15.3 Å². The van der Waals surface area contributed by atoms with Crippen molar-refractivity contribution in [2.75, 3.05) is 14.2 Å². The standard InChI is InChI=1S/C14H16ClN3O/c1-9-5-4-6-10(11(9)15)12(16-2)13-14(19-3)18-8-7-17-13/h4-8,12,16H,1-3H3. The Morgan fingerprint density at radius 3 is 2.68 bits per heavy atom. The van der Waals surface area contributed by atoms with Crippen LogP contribution in [-0.2, 0) is 0 Å². The lowest BCUT2D eigenvalue weighted by atomic mass is 10.0. The lowest BCUT2D eigenvalue weighted by Crippen LogP contribution is -2.20. The Balaban J connectivity index is 2.53. The first-order valence-corrected chi connectivity index (χ1v) is 6.34. The highest BCUT2D eigenvalue weighted by Crippen LogP contribution is 2.32.